The fourth-order valence-electron chi connectivity index (χ4n) is 2.80. The van der Waals surface area contributed by atoms with Crippen LogP contribution in [0.3, 0.4) is 0 Å². The quantitative estimate of drug-likeness (QED) is 0.583. The molecule has 0 N–H and O–H groups in total. The highest BCUT2D eigenvalue weighted by Gasteiger charge is 2.28. The van der Waals surface area contributed by atoms with Gasteiger partial charge in [-0.2, -0.15) is 0 Å². The summed E-state index contributed by atoms with van der Waals surface area (Å²) in [6.45, 7) is 11.4. The Balaban J connectivity index is 2.62. The third kappa shape index (κ3) is 1.62. The maximum atomic E-state index is 2.31. The second-order valence-electron chi connectivity index (χ2n) is 5.68. The molecule has 80 valence electrons. The first-order chi connectivity index (χ1) is 6.91. The molecule has 0 radical (unpaired) electrons. The molecule has 0 saturated carbocycles. The average Bonchev–Trinajstić information content (AvgIpc) is 2.41. The standard InChI is InChI=1S/C15H20/c1-10-7-6-8-12-13(10)9-11(2)14(12)15(3,4)5/h6-8H,9H2,1-5H3. The van der Waals surface area contributed by atoms with Crippen LogP contribution in [-0.4, -0.2) is 0 Å². The summed E-state index contributed by atoms with van der Waals surface area (Å²) in [5.74, 6) is 0. The Morgan fingerprint density at radius 1 is 1.07 bits per heavy atom. The van der Waals surface area contributed by atoms with Crippen LogP contribution in [0.25, 0.3) is 5.57 Å². The fourth-order valence-corrected chi connectivity index (χ4v) is 2.80. The van der Waals surface area contributed by atoms with Crippen LogP contribution in [-0.2, 0) is 6.42 Å². The number of aryl methyl sites for hydroxylation is 1. The van der Waals surface area contributed by atoms with Gasteiger partial charge in [-0.05, 0) is 47.9 Å². The second kappa shape index (κ2) is 3.23. The second-order valence-corrected chi connectivity index (χ2v) is 5.68. The zero-order valence-corrected chi connectivity index (χ0v) is 10.4. The summed E-state index contributed by atoms with van der Waals surface area (Å²) in [5.41, 5.74) is 7.84. The van der Waals surface area contributed by atoms with E-state index in [1.807, 2.05) is 0 Å². The summed E-state index contributed by atoms with van der Waals surface area (Å²) in [6.07, 6.45) is 1.15. The van der Waals surface area contributed by atoms with Gasteiger partial charge in [-0.3, -0.25) is 0 Å². The Morgan fingerprint density at radius 2 is 1.73 bits per heavy atom. The number of benzene rings is 1. The van der Waals surface area contributed by atoms with Crippen LogP contribution in [0.5, 0.6) is 0 Å². The zero-order valence-electron chi connectivity index (χ0n) is 10.4. The molecule has 0 fully saturated rings. The van der Waals surface area contributed by atoms with Gasteiger partial charge in [-0.1, -0.05) is 44.5 Å². The Hall–Kier alpha value is -1.04. The maximum absolute atomic E-state index is 2.31. The number of allylic oxidation sites excluding steroid dienone is 2. The van der Waals surface area contributed by atoms with Crippen molar-refractivity contribution in [1.29, 1.82) is 0 Å². The van der Waals surface area contributed by atoms with Gasteiger partial charge in [0.1, 0.15) is 0 Å². The lowest BCUT2D eigenvalue weighted by atomic mass is 9.81. The minimum absolute atomic E-state index is 0.267. The number of hydrogen-bond donors (Lipinski definition) is 0. The van der Waals surface area contributed by atoms with Crippen molar-refractivity contribution in [3.63, 3.8) is 0 Å². The maximum Gasteiger partial charge on any atom is -0.00550 e. The van der Waals surface area contributed by atoms with Crippen molar-refractivity contribution in [2.24, 2.45) is 5.41 Å². The number of rotatable bonds is 0. The predicted octanol–water partition coefficient (Wildman–Crippen LogP) is 4.37. The molecule has 0 spiro atoms. The molecule has 1 aromatic rings. The van der Waals surface area contributed by atoms with Gasteiger partial charge in [-0.25, -0.2) is 0 Å². The summed E-state index contributed by atoms with van der Waals surface area (Å²) in [5, 5.41) is 0. The molecule has 1 aromatic carbocycles. The van der Waals surface area contributed by atoms with E-state index >= 15 is 0 Å². The minimum atomic E-state index is 0.267. The van der Waals surface area contributed by atoms with Crippen molar-refractivity contribution >= 4 is 5.57 Å². The molecule has 0 amide bonds. The van der Waals surface area contributed by atoms with E-state index in [1.54, 1.807) is 16.7 Å². The molecule has 0 bridgehead atoms. The van der Waals surface area contributed by atoms with Crippen LogP contribution in [0, 0.1) is 12.3 Å². The first-order valence-corrected chi connectivity index (χ1v) is 5.70. The van der Waals surface area contributed by atoms with Gasteiger partial charge in [0, 0.05) is 0 Å². The Bertz CT molecular complexity index is 428. The summed E-state index contributed by atoms with van der Waals surface area (Å²) < 4.78 is 0. The number of fused-ring (bicyclic) bond motifs is 1. The molecule has 0 saturated heterocycles. The van der Waals surface area contributed by atoms with Crippen molar-refractivity contribution in [2.75, 3.05) is 0 Å². The summed E-state index contributed by atoms with van der Waals surface area (Å²) in [4.78, 5) is 0. The van der Waals surface area contributed by atoms with Gasteiger partial charge in [0.25, 0.3) is 0 Å². The molecule has 1 aliphatic carbocycles. The largest absolute Gasteiger partial charge is 0.0646 e. The van der Waals surface area contributed by atoms with Crippen molar-refractivity contribution in [1.82, 2.24) is 0 Å². The third-order valence-corrected chi connectivity index (χ3v) is 3.30. The van der Waals surface area contributed by atoms with Crippen LogP contribution >= 0.6 is 0 Å². The molecule has 0 aromatic heterocycles. The summed E-state index contributed by atoms with van der Waals surface area (Å²) in [7, 11) is 0. The lowest BCUT2D eigenvalue weighted by Crippen LogP contribution is -2.08. The Morgan fingerprint density at radius 3 is 2.33 bits per heavy atom. The van der Waals surface area contributed by atoms with E-state index in [0.29, 0.717) is 0 Å². The summed E-state index contributed by atoms with van der Waals surface area (Å²) >= 11 is 0. The SMILES string of the molecule is CC1=C(C(C)(C)C)c2cccc(C)c2C1. The van der Waals surface area contributed by atoms with Crippen molar-refractivity contribution < 1.29 is 0 Å². The van der Waals surface area contributed by atoms with Crippen molar-refractivity contribution in [3.8, 4) is 0 Å². The average molecular weight is 200 g/mol. The topological polar surface area (TPSA) is 0 Å². The van der Waals surface area contributed by atoms with Gasteiger partial charge < -0.3 is 0 Å². The molecule has 0 atom stereocenters. The fraction of sp³-hybridized carbons (Fsp3) is 0.467. The molecule has 2 rings (SSSR count). The van der Waals surface area contributed by atoms with Crippen LogP contribution in [0.1, 0.15) is 44.4 Å². The molecule has 0 heteroatoms. The third-order valence-electron chi connectivity index (χ3n) is 3.30. The minimum Gasteiger partial charge on any atom is -0.0646 e. The van der Waals surface area contributed by atoms with Crippen LogP contribution in [0.4, 0.5) is 0 Å². The van der Waals surface area contributed by atoms with Crippen LogP contribution < -0.4 is 0 Å². The van der Waals surface area contributed by atoms with Gasteiger partial charge in [-0.15, -0.1) is 0 Å². The lowest BCUT2D eigenvalue weighted by molar-refractivity contribution is 0.565. The Kier molecular flexibility index (Phi) is 2.26. The first-order valence-electron chi connectivity index (χ1n) is 5.70. The molecular weight excluding hydrogens is 180 g/mol. The Labute approximate surface area is 93.0 Å². The molecule has 0 heterocycles. The highest BCUT2D eigenvalue weighted by molar-refractivity contribution is 5.79. The van der Waals surface area contributed by atoms with Gasteiger partial charge in [0.05, 0.1) is 0 Å². The van der Waals surface area contributed by atoms with Crippen LogP contribution in [0.2, 0.25) is 0 Å². The van der Waals surface area contributed by atoms with E-state index in [2.05, 4.69) is 52.8 Å². The molecule has 1 aliphatic rings. The predicted molar refractivity (Wildman–Crippen MR) is 66.9 cm³/mol. The molecule has 0 nitrogen and oxygen atoms in total. The zero-order chi connectivity index (χ0) is 11.2. The normalized spacial score (nSPS) is 15.8. The highest BCUT2D eigenvalue weighted by atomic mass is 14.3. The lowest BCUT2D eigenvalue weighted by Gasteiger charge is -2.23. The van der Waals surface area contributed by atoms with E-state index in [0.717, 1.165) is 6.42 Å². The van der Waals surface area contributed by atoms with E-state index in [1.165, 1.54) is 11.1 Å². The molecule has 15 heavy (non-hydrogen) atoms. The number of hydrogen-bond acceptors (Lipinski definition) is 0. The monoisotopic (exact) mass is 200 g/mol. The first kappa shape index (κ1) is 10.5. The van der Waals surface area contributed by atoms with E-state index in [-0.39, 0.29) is 5.41 Å². The van der Waals surface area contributed by atoms with Gasteiger partial charge >= 0.3 is 0 Å². The van der Waals surface area contributed by atoms with Crippen molar-refractivity contribution in [3.05, 3.63) is 40.5 Å². The van der Waals surface area contributed by atoms with E-state index in [4.69, 9.17) is 0 Å². The molecule has 0 unspecified atom stereocenters. The van der Waals surface area contributed by atoms with Crippen molar-refractivity contribution in [2.45, 2.75) is 41.0 Å². The smallest absolute Gasteiger partial charge is 0.00550 e. The van der Waals surface area contributed by atoms with Crippen LogP contribution in [0.15, 0.2) is 23.8 Å². The highest BCUT2D eigenvalue weighted by Crippen LogP contribution is 2.44. The molecule has 0 aliphatic heterocycles. The molecular formula is C15H20. The van der Waals surface area contributed by atoms with E-state index in [9.17, 15) is 0 Å². The van der Waals surface area contributed by atoms with Gasteiger partial charge in [0.15, 0.2) is 0 Å². The van der Waals surface area contributed by atoms with E-state index < -0.39 is 0 Å². The summed E-state index contributed by atoms with van der Waals surface area (Å²) in [6, 6.07) is 6.68. The van der Waals surface area contributed by atoms with Gasteiger partial charge in [0.2, 0.25) is 0 Å².